The molecule has 21 heavy (non-hydrogen) atoms. The summed E-state index contributed by atoms with van der Waals surface area (Å²) in [5, 5.41) is 8.17. The van der Waals surface area contributed by atoms with Gasteiger partial charge in [-0.15, -0.1) is 0 Å². The van der Waals surface area contributed by atoms with E-state index in [0.29, 0.717) is 23.4 Å². The van der Waals surface area contributed by atoms with Crippen LogP contribution < -0.4 is 5.32 Å². The number of benzene rings is 1. The number of hydrogen-bond acceptors (Lipinski definition) is 4. The standard InChI is InChI=1S/C16H18ClN3O/c17-12-2-1-3-13(8-12)18-9-15-19-16(20-21-15)14-7-10-4-5-11(14)6-10/h1-3,8,10-11,14,18H,4-7,9H2. The fourth-order valence-electron chi connectivity index (χ4n) is 3.83. The van der Waals surface area contributed by atoms with Crippen LogP contribution in [-0.4, -0.2) is 10.1 Å². The normalized spacial score (nSPS) is 27.2. The summed E-state index contributed by atoms with van der Waals surface area (Å²) >= 11 is 5.96. The number of hydrogen-bond donors (Lipinski definition) is 1. The average molecular weight is 304 g/mol. The van der Waals surface area contributed by atoms with Gasteiger partial charge >= 0.3 is 0 Å². The first-order valence-corrected chi connectivity index (χ1v) is 7.97. The van der Waals surface area contributed by atoms with Gasteiger partial charge in [0.1, 0.15) is 0 Å². The molecule has 4 nitrogen and oxygen atoms in total. The largest absolute Gasteiger partial charge is 0.376 e. The number of fused-ring (bicyclic) bond motifs is 2. The second-order valence-corrected chi connectivity index (χ2v) is 6.63. The van der Waals surface area contributed by atoms with E-state index in [4.69, 9.17) is 16.1 Å². The maximum absolute atomic E-state index is 5.96. The van der Waals surface area contributed by atoms with Gasteiger partial charge in [-0.1, -0.05) is 29.2 Å². The van der Waals surface area contributed by atoms with Crippen LogP contribution in [0.3, 0.4) is 0 Å². The molecule has 110 valence electrons. The molecule has 1 heterocycles. The summed E-state index contributed by atoms with van der Waals surface area (Å²) in [6, 6.07) is 7.62. The molecule has 2 bridgehead atoms. The fraction of sp³-hybridized carbons (Fsp3) is 0.500. The Morgan fingerprint density at radius 2 is 2.24 bits per heavy atom. The summed E-state index contributed by atoms with van der Waals surface area (Å²) in [4.78, 5) is 4.58. The molecule has 3 unspecified atom stereocenters. The molecular weight excluding hydrogens is 286 g/mol. The molecule has 1 N–H and O–H groups in total. The Labute approximate surface area is 128 Å². The van der Waals surface area contributed by atoms with Gasteiger partial charge in [0.2, 0.25) is 5.89 Å². The van der Waals surface area contributed by atoms with E-state index in [1.165, 1.54) is 25.7 Å². The van der Waals surface area contributed by atoms with Crippen LogP contribution in [0.15, 0.2) is 28.8 Å². The van der Waals surface area contributed by atoms with Crippen molar-refractivity contribution in [1.29, 1.82) is 0 Å². The van der Waals surface area contributed by atoms with E-state index in [-0.39, 0.29) is 0 Å². The van der Waals surface area contributed by atoms with E-state index in [0.717, 1.165) is 23.3 Å². The molecule has 1 aromatic carbocycles. The van der Waals surface area contributed by atoms with Crippen LogP contribution in [0.5, 0.6) is 0 Å². The lowest BCUT2D eigenvalue weighted by Crippen LogP contribution is -2.10. The lowest BCUT2D eigenvalue weighted by atomic mass is 9.88. The highest BCUT2D eigenvalue weighted by molar-refractivity contribution is 6.30. The number of rotatable bonds is 4. The van der Waals surface area contributed by atoms with Gasteiger partial charge in [0.25, 0.3) is 0 Å². The van der Waals surface area contributed by atoms with Crippen LogP contribution in [0.4, 0.5) is 5.69 Å². The van der Waals surface area contributed by atoms with Crippen LogP contribution in [-0.2, 0) is 6.54 Å². The van der Waals surface area contributed by atoms with Gasteiger partial charge < -0.3 is 9.84 Å². The minimum Gasteiger partial charge on any atom is -0.376 e. The number of halogens is 1. The third-order valence-corrected chi connectivity index (χ3v) is 5.06. The summed E-state index contributed by atoms with van der Waals surface area (Å²) < 4.78 is 5.38. The Morgan fingerprint density at radius 1 is 1.29 bits per heavy atom. The van der Waals surface area contributed by atoms with Crippen molar-refractivity contribution in [2.45, 2.75) is 38.1 Å². The molecule has 0 spiro atoms. The average Bonchev–Trinajstić information content (AvgIpc) is 3.21. The summed E-state index contributed by atoms with van der Waals surface area (Å²) in [6.07, 6.45) is 5.32. The first-order chi connectivity index (χ1) is 10.3. The molecule has 1 aromatic heterocycles. The first kappa shape index (κ1) is 13.1. The lowest BCUT2D eigenvalue weighted by molar-refractivity contribution is 0.354. The van der Waals surface area contributed by atoms with Gasteiger partial charge in [-0.05, 0) is 49.3 Å². The van der Waals surface area contributed by atoms with Crippen molar-refractivity contribution in [3.63, 3.8) is 0 Å². The third kappa shape index (κ3) is 2.64. The molecule has 0 radical (unpaired) electrons. The highest BCUT2D eigenvalue weighted by Gasteiger charge is 2.42. The Hall–Kier alpha value is -1.55. The molecule has 0 amide bonds. The Bertz CT molecular complexity index is 642. The quantitative estimate of drug-likeness (QED) is 0.918. The topological polar surface area (TPSA) is 51.0 Å². The molecule has 2 aromatic rings. The molecular formula is C16H18ClN3O. The molecule has 2 fully saturated rings. The predicted molar refractivity (Wildman–Crippen MR) is 81.3 cm³/mol. The number of anilines is 1. The first-order valence-electron chi connectivity index (χ1n) is 7.60. The molecule has 2 aliphatic rings. The van der Waals surface area contributed by atoms with Crippen molar-refractivity contribution in [2.75, 3.05) is 5.32 Å². The van der Waals surface area contributed by atoms with Crippen LogP contribution in [0.1, 0.15) is 43.3 Å². The molecule has 4 rings (SSSR count). The van der Waals surface area contributed by atoms with Gasteiger partial charge in [0.05, 0.1) is 6.54 Å². The predicted octanol–water partition coefficient (Wildman–Crippen LogP) is 4.24. The zero-order chi connectivity index (χ0) is 14.2. The zero-order valence-electron chi connectivity index (χ0n) is 11.8. The minimum absolute atomic E-state index is 0.521. The second kappa shape index (κ2) is 5.34. The van der Waals surface area contributed by atoms with Crippen LogP contribution in [0.25, 0.3) is 0 Å². The monoisotopic (exact) mass is 303 g/mol. The maximum Gasteiger partial charge on any atom is 0.245 e. The smallest absolute Gasteiger partial charge is 0.245 e. The van der Waals surface area contributed by atoms with E-state index in [1.807, 2.05) is 24.3 Å². The van der Waals surface area contributed by atoms with Crippen LogP contribution in [0.2, 0.25) is 5.02 Å². The van der Waals surface area contributed by atoms with E-state index in [1.54, 1.807) is 0 Å². The van der Waals surface area contributed by atoms with Crippen molar-refractivity contribution in [3.05, 3.63) is 41.0 Å². The second-order valence-electron chi connectivity index (χ2n) is 6.19. The third-order valence-electron chi connectivity index (χ3n) is 4.82. The van der Waals surface area contributed by atoms with Crippen molar-refractivity contribution < 1.29 is 4.52 Å². The lowest BCUT2D eigenvalue weighted by Gasteiger charge is -2.17. The SMILES string of the molecule is Clc1cccc(NCc2nc(C3CC4CCC3C4)no2)c1. The summed E-state index contributed by atoms with van der Waals surface area (Å²) in [7, 11) is 0. The molecule has 3 atom stereocenters. The van der Waals surface area contributed by atoms with Gasteiger partial charge in [-0.3, -0.25) is 0 Å². The molecule has 2 saturated carbocycles. The fourth-order valence-corrected chi connectivity index (χ4v) is 4.02. The van der Waals surface area contributed by atoms with E-state index in [9.17, 15) is 0 Å². The summed E-state index contributed by atoms with van der Waals surface area (Å²) in [5.41, 5.74) is 0.960. The number of aromatic nitrogens is 2. The Kier molecular flexibility index (Phi) is 3.34. The van der Waals surface area contributed by atoms with Crippen molar-refractivity contribution in [3.8, 4) is 0 Å². The van der Waals surface area contributed by atoms with E-state index >= 15 is 0 Å². The highest BCUT2D eigenvalue weighted by atomic mass is 35.5. The molecule has 2 aliphatic carbocycles. The Morgan fingerprint density at radius 3 is 3.00 bits per heavy atom. The number of nitrogens with one attached hydrogen (secondary N) is 1. The summed E-state index contributed by atoms with van der Waals surface area (Å²) in [5.74, 6) is 3.75. The van der Waals surface area contributed by atoms with Crippen molar-refractivity contribution >= 4 is 17.3 Å². The zero-order valence-corrected chi connectivity index (χ0v) is 12.5. The molecule has 0 aliphatic heterocycles. The molecule has 5 heteroatoms. The summed E-state index contributed by atoms with van der Waals surface area (Å²) in [6.45, 7) is 0.536. The minimum atomic E-state index is 0.521. The van der Waals surface area contributed by atoms with Crippen molar-refractivity contribution in [1.82, 2.24) is 10.1 Å². The number of nitrogens with zero attached hydrogens (tertiary/aromatic N) is 2. The van der Waals surface area contributed by atoms with Crippen molar-refractivity contribution in [2.24, 2.45) is 11.8 Å². The Balaban J connectivity index is 1.41. The van der Waals surface area contributed by atoms with E-state index in [2.05, 4.69) is 15.5 Å². The maximum atomic E-state index is 5.96. The van der Waals surface area contributed by atoms with Gasteiger partial charge in [-0.25, -0.2) is 0 Å². The molecule has 0 saturated heterocycles. The highest BCUT2D eigenvalue weighted by Crippen LogP contribution is 2.52. The van der Waals surface area contributed by atoms with Gasteiger partial charge in [0.15, 0.2) is 5.82 Å². The van der Waals surface area contributed by atoms with Gasteiger partial charge in [-0.2, -0.15) is 4.98 Å². The van der Waals surface area contributed by atoms with Crippen LogP contribution in [0, 0.1) is 11.8 Å². The van der Waals surface area contributed by atoms with Gasteiger partial charge in [0, 0.05) is 16.6 Å². The van der Waals surface area contributed by atoms with Crippen LogP contribution >= 0.6 is 11.6 Å². The van der Waals surface area contributed by atoms with E-state index < -0.39 is 0 Å².